The Morgan fingerprint density at radius 3 is 2.67 bits per heavy atom. The Bertz CT molecular complexity index is 384. The second-order valence-corrected chi connectivity index (χ2v) is 5.30. The maximum Gasteiger partial charge on any atom is 0.160 e. The summed E-state index contributed by atoms with van der Waals surface area (Å²) in [4.78, 5) is 4.26. The highest BCUT2D eigenvalue weighted by molar-refractivity contribution is 5.56. The normalized spacial score (nSPS) is 23.7. The first-order chi connectivity index (χ1) is 8.72. The van der Waals surface area contributed by atoms with Crippen LogP contribution in [0.2, 0.25) is 0 Å². The number of aryl methyl sites for hydroxylation is 1. The van der Waals surface area contributed by atoms with Gasteiger partial charge in [-0.3, -0.25) is 4.98 Å². The molecule has 1 N–H and O–H groups in total. The van der Waals surface area contributed by atoms with Crippen LogP contribution in [0.15, 0.2) is 12.3 Å². The van der Waals surface area contributed by atoms with Gasteiger partial charge in [0.1, 0.15) is 0 Å². The van der Waals surface area contributed by atoms with Crippen LogP contribution in [-0.4, -0.2) is 18.1 Å². The summed E-state index contributed by atoms with van der Waals surface area (Å²) < 4.78 is 5.36. The lowest BCUT2D eigenvalue weighted by Crippen LogP contribution is -2.26. The Balaban J connectivity index is 1.99. The number of nitrogens with one attached hydrogen (secondary N) is 1. The van der Waals surface area contributed by atoms with Crippen molar-refractivity contribution in [2.75, 3.05) is 12.4 Å². The van der Waals surface area contributed by atoms with Crippen LogP contribution in [0, 0.1) is 12.8 Å². The second kappa shape index (κ2) is 6.07. The molecule has 18 heavy (non-hydrogen) atoms. The molecule has 0 radical (unpaired) electrons. The Morgan fingerprint density at radius 2 is 2.06 bits per heavy atom. The maximum atomic E-state index is 5.36. The molecule has 1 heterocycles. The molecular formula is C15H24N2O. The van der Waals surface area contributed by atoms with Crippen molar-refractivity contribution in [3.63, 3.8) is 0 Å². The molecular weight excluding hydrogens is 224 g/mol. The summed E-state index contributed by atoms with van der Waals surface area (Å²) in [5, 5.41) is 3.62. The van der Waals surface area contributed by atoms with Crippen molar-refractivity contribution in [1.82, 2.24) is 4.98 Å². The number of nitrogens with zero attached hydrogens (tertiary/aromatic N) is 1. The average molecular weight is 248 g/mol. The van der Waals surface area contributed by atoms with Crippen LogP contribution in [0.5, 0.6) is 5.75 Å². The first-order valence-corrected chi connectivity index (χ1v) is 7.00. The van der Waals surface area contributed by atoms with E-state index in [1.165, 1.54) is 32.1 Å². The van der Waals surface area contributed by atoms with Gasteiger partial charge in [-0.25, -0.2) is 0 Å². The van der Waals surface area contributed by atoms with Crippen LogP contribution < -0.4 is 10.1 Å². The lowest BCUT2D eigenvalue weighted by atomic mass is 9.84. The van der Waals surface area contributed by atoms with Crippen LogP contribution >= 0.6 is 0 Å². The summed E-state index contributed by atoms with van der Waals surface area (Å²) in [5.41, 5.74) is 2.12. The van der Waals surface area contributed by atoms with E-state index in [1.54, 1.807) is 13.3 Å². The molecule has 0 spiro atoms. The van der Waals surface area contributed by atoms with Gasteiger partial charge in [0.15, 0.2) is 5.75 Å². The first kappa shape index (κ1) is 13.2. The molecule has 0 unspecified atom stereocenters. The number of ether oxygens (including phenoxy) is 1. The average Bonchev–Trinajstić information content (AvgIpc) is 2.40. The molecule has 0 aliphatic heterocycles. The summed E-state index contributed by atoms with van der Waals surface area (Å²) in [5.74, 6) is 1.78. The van der Waals surface area contributed by atoms with Crippen molar-refractivity contribution in [3.8, 4) is 5.75 Å². The van der Waals surface area contributed by atoms with E-state index in [-0.39, 0.29) is 0 Å². The predicted molar refractivity (Wildman–Crippen MR) is 75.2 cm³/mol. The van der Waals surface area contributed by atoms with E-state index < -0.39 is 0 Å². The number of hydrogen-bond acceptors (Lipinski definition) is 3. The van der Waals surface area contributed by atoms with Crippen LogP contribution in [0.4, 0.5) is 5.69 Å². The molecule has 0 atom stereocenters. The molecule has 1 aromatic rings. The SMILES string of the molecule is CCC1CCC(Nc2cc(C)ncc2OC)CC1. The smallest absolute Gasteiger partial charge is 0.160 e. The van der Waals surface area contributed by atoms with Crippen molar-refractivity contribution in [3.05, 3.63) is 18.0 Å². The number of aromatic nitrogens is 1. The summed E-state index contributed by atoms with van der Waals surface area (Å²) >= 11 is 0. The number of hydrogen-bond donors (Lipinski definition) is 1. The minimum Gasteiger partial charge on any atom is -0.493 e. The van der Waals surface area contributed by atoms with Gasteiger partial charge in [0, 0.05) is 11.7 Å². The molecule has 1 fully saturated rings. The van der Waals surface area contributed by atoms with Gasteiger partial charge in [0.05, 0.1) is 19.0 Å². The maximum absolute atomic E-state index is 5.36. The Kier molecular flexibility index (Phi) is 4.45. The zero-order valence-corrected chi connectivity index (χ0v) is 11.7. The summed E-state index contributed by atoms with van der Waals surface area (Å²) in [6, 6.07) is 2.66. The predicted octanol–water partition coefficient (Wildman–Crippen LogP) is 3.78. The van der Waals surface area contributed by atoms with E-state index in [2.05, 4.69) is 23.3 Å². The van der Waals surface area contributed by atoms with E-state index in [0.717, 1.165) is 23.0 Å². The largest absolute Gasteiger partial charge is 0.493 e. The Labute approximate surface area is 110 Å². The van der Waals surface area contributed by atoms with Gasteiger partial charge in [-0.2, -0.15) is 0 Å². The van der Waals surface area contributed by atoms with Crippen LogP contribution in [0.3, 0.4) is 0 Å². The Hall–Kier alpha value is -1.25. The van der Waals surface area contributed by atoms with Gasteiger partial charge in [-0.05, 0) is 44.6 Å². The van der Waals surface area contributed by atoms with Crippen LogP contribution in [0.25, 0.3) is 0 Å². The zero-order valence-electron chi connectivity index (χ0n) is 11.7. The molecule has 1 aromatic heterocycles. The highest BCUT2D eigenvalue weighted by Gasteiger charge is 2.20. The fourth-order valence-corrected chi connectivity index (χ4v) is 2.76. The summed E-state index contributed by atoms with van der Waals surface area (Å²) in [6.45, 7) is 4.31. The van der Waals surface area contributed by atoms with Crippen molar-refractivity contribution < 1.29 is 4.74 Å². The molecule has 0 amide bonds. The minimum absolute atomic E-state index is 0.587. The lowest BCUT2D eigenvalue weighted by Gasteiger charge is -2.29. The lowest BCUT2D eigenvalue weighted by molar-refractivity contribution is 0.329. The number of methoxy groups -OCH3 is 1. The number of pyridine rings is 1. The highest BCUT2D eigenvalue weighted by atomic mass is 16.5. The molecule has 100 valence electrons. The molecule has 0 bridgehead atoms. The zero-order chi connectivity index (χ0) is 13.0. The van der Waals surface area contributed by atoms with E-state index in [9.17, 15) is 0 Å². The molecule has 0 saturated heterocycles. The molecule has 3 heteroatoms. The molecule has 1 aliphatic carbocycles. The third-order valence-corrected chi connectivity index (χ3v) is 4.01. The summed E-state index contributed by atoms with van der Waals surface area (Å²) in [7, 11) is 1.70. The van der Waals surface area contributed by atoms with E-state index in [0.29, 0.717) is 6.04 Å². The van der Waals surface area contributed by atoms with E-state index in [4.69, 9.17) is 4.74 Å². The molecule has 2 rings (SSSR count). The third-order valence-electron chi connectivity index (χ3n) is 4.01. The second-order valence-electron chi connectivity index (χ2n) is 5.30. The van der Waals surface area contributed by atoms with Crippen molar-refractivity contribution >= 4 is 5.69 Å². The van der Waals surface area contributed by atoms with Crippen molar-refractivity contribution in [2.45, 2.75) is 52.0 Å². The van der Waals surface area contributed by atoms with Crippen LogP contribution in [0.1, 0.15) is 44.7 Å². The van der Waals surface area contributed by atoms with Gasteiger partial charge in [0.25, 0.3) is 0 Å². The van der Waals surface area contributed by atoms with Gasteiger partial charge < -0.3 is 10.1 Å². The van der Waals surface area contributed by atoms with Crippen molar-refractivity contribution in [2.24, 2.45) is 5.92 Å². The van der Waals surface area contributed by atoms with Gasteiger partial charge in [0.2, 0.25) is 0 Å². The number of rotatable bonds is 4. The fourth-order valence-electron chi connectivity index (χ4n) is 2.76. The van der Waals surface area contributed by atoms with Gasteiger partial charge in [-0.1, -0.05) is 13.3 Å². The van der Waals surface area contributed by atoms with Crippen molar-refractivity contribution in [1.29, 1.82) is 0 Å². The highest BCUT2D eigenvalue weighted by Crippen LogP contribution is 2.31. The quantitative estimate of drug-likeness (QED) is 0.880. The first-order valence-electron chi connectivity index (χ1n) is 7.00. The number of anilines is 1. The minimum atomic E-state index is 0.587. The molecule has 0 aromatic carbocycles. The van der Waals surface area contributed by atoms with E-state index in [1.807, 2.05) is 6.92 Å². The third kappa shape index (κ3) is 3.15. The topological polar surface area (TPSA) is 34.2 Å². The monoisotopic (exact) mass is 248 g/mol. The molecule has 1 aliphatic rings. The molecule has 1 saturated carbocycles. The molecule has 3 nitrogen and oxygen atoms in total. The fraction of sp³-hybridized carbons (Fsp3) is 0.667. The van der Waals surface area contributed by atoms with E-state index >= 15 is 0 Å². The standard InChI is InChI=1S/C15H24N2O/c1-4-12-5-7-13(8-6-12)17-14-9-11(2)16-10-15(14)18-3/h9-10,12-13H,4-8H2,1-3H3,(H,16,17). The van der Waals surface area contributed by atoms with Gasteiger partial charge >= 0.3 is 0 Å². The Morgan fingerprint density at radius 1 is 1.33 bits per heavy atom. The van der Waals surface area contributed by atoms with Gasteiger partial charge in [-0.15, -0.1) is 0 Å². The summed E-state index contributed by atoms with van der Waals surface area (Å²) in [6.07, 6.45) is 8.35. The van der Waals surface area contributed by atoms with Crippen LogP contribution in [-0.2, 0) is 0 Å².